The van der Waals surface area contributed by atoms with Gasteiger partial charge in [0.2, 0.25) is 0 Å². The highest BCUT2D eigenvalue weighted by atomic mass is 35.5. The minimum absolute atomic E-state index is 0.00378. The normalized spacial score (nSPS) is 11.3. The Hall–Kier alpha value is -0.930. The van der Waals surface area contributed by atoms with Crippen molar-refractivity contribution in [2.75, 3.05) is 0 Å². The second kappa shape index (κ2) is 4.52. The SMILES string of the molecule is CC(C)(C)OC(=O)c1ccc(O)c(Cl)c1Cl. The van der Waals surface area contributed by atoms with E-state index in [1.165, 1.54) is 12.1 Å². The highest BCUT2D eigenvalue weighted by Crippen LogP contribution is 2.34. The molecule has 16 heavy (non-hydrogen) atoms. The quantitative estimate of drug-likeness (QED) is 0.786. The molecule has 0 bridgehead atoms. The predicted octanol–water partition coefficient (Wildman–Crippen LogP) is 3.65. The van der Waals surface area contributed by atoms with Crippen LogP contribution in [0.25, 0.3) is 0 Å². The average molecular weight is 263 g/mol. The van der Waals surface area contributed by atoms with Gasteiger partial charge in [-0.15, -0.1) is 0 Å². The van der Waals surface area contributed by atoms with Crippen LogP contribution in [0.15, 0.2) is 12.1 Å². The first-order valence-electron chi connectivity index (χ1n) is 4.62. The predicted molar refractivity (Wildman–Crippen MR) is 63.3 cm³/mol. The summed E-state index contributed by atoms with van der Waals surface area (Å²) in [5.74, 6) is -0.738. The van der Waals surface area contributed by atoms with Gasteiger partial charge in [-0.3, -0.25) is 0 Å². The lowest BCUT2D eigenvalue weighted by atomic mass is 10.1. The van der Waals surface area contributed by atoms with Crippen LogP contribution in [0.4, 0.5) is 0 Å². The molecule has 0 saturated carbocycles. The minimum atomic E-state index is -0.606. The average Bonchev–Trinajstić information content (AvgIpc) is 2.11. The molecule has 0 saturated heterocycles. The van der Waals surface area contributed by atoms with E-state index in [4.69, 9.17) is 27.9 Å². The molecule has 0 heterocycles. The molecule has 0 unspecified atom stereocenters. The van der Waals surface area contributed by atoms with Crippen molar-refractivity contribution in [3.05, 3.63) is 27.7 Å². The summed E-state index contributed by atoms with van der Waals surface area (Å²) in [6.07, 6.45) is 0. The van der Waals surface area contributed by atoms with Gasteiger partial charge < -0.3 is 9.84 Å². The molecular weight excluding hydrogens is 251 g/mol. The summed E-state index contributed by atoms with van der Waals surface area (Å²) >= 11 is 11.5. The zero-order chi connectivity index (χ0) is 12.5. The number of rotatable bonds is 1. The summed E-state index contributed by atoms with van der Waals surface area (Å²) in [7, 11) is 0. The van der Waals surface area contributed by atoms with E-state index < -0.39 is 11.6 Å². The Kier molecular flexibility index (Phi) is 3.71. The number of benzene rings is 1. The molecule has 1 aromatic carbocycles. The topological polar surface area (TPSA) is 46.5 Å². The first-order chi connectivity index (χ1) is 7.22. The Morgan fingerprint density at radius 1 is 1.25 bits per heavy atom. The maximum Gasteiger partial charge on any atom is 0.340 e. The van der Waals surface area contributed by atoms with Crippen LogP contribution in [0.5, 0.6) is 5.75 Å². The summed E-state index contributed by atoms with van der Waals surface area (Å²) in [6, 6.07) is 2.67. The van der Waals surface area contributed by atoms with Crippen LogP contribution in [-0.4, -0.2) is 16.7 Å². The zero-order valence-electron chi connectivity index (χ0n) is 9.17. The van der Waals surface area contributed by atoms with Gasteiger partial charge in [-0.2, -0.15) is 0 Å². The van der Waals surface area contributed by atoms with Crippen LogP contribution in [0.3, 0.4) is 0 Å². The lowest BCUT2D eigenvalue weighted by molar-refractivity contribution is 0.00698. The number of carbonyl (C=O) groups excluding carboxylic acids is 1. The van der Waals surface area contributed by atoms with Gasteiger partial charge in [0.05, 0.1) is 10.6 Å². The van der Waals surface area contributed by atoms with Gasteiger partial charge in [0.1, 0.15) is 16.4 Å². The molecule has 88 valence electrons. The number of halogens is 2. The second-order valence-corrected chi connectivity index (χ2v) is 5.02. The van der Waals surface area contributed by atoms with Crippen molar-refractivity contribution in [1.82, 2.24) is 0 Å². The second-order valence-electron chi connectivity index (χ2n) is 4.26. The lowest BCUT2D eigenvalue weighted by Crippen LogP contribution is -2.24. The summed E-state index contributed by atoms with van der Waals surface area (Å²) in [5.41, 5.74) is -0.468. The van der Waals surface area contributed by atoms with Gasteiger partial charge in [0.15, 0.2) is 0 Å². The highest BCUT2D eigenvalue weighted by molar-refractivity contribution is 6.44. The van der Waals surface area contributed by atoms with E-state index in [2.05, 4.69) is 0 Å². The first-order valence-corrected chi connectivity index (χ1v) is 5.38. The molecule has 0 aromatic heterocycles. The Morgan fingerprint density at radius 2 is 1.81 bits per heavy atom. The van der Waals surface area contributed by atoms with Gasteiger partial charge in [0, 0.05) is 0 Å². The fourth-order valence-corrected chi connectivity index (χ4v) is 1.43. The van der Waals surface area contributed by atoms with Crippen LogP contribution in [-0.2, 0) is 4.74 Å². The Balaban J connectivity index is 3.06. The van der Waals surface area contributed by atoms with E-state index in [-0.39, 0.29) is 21.4 Å². The van der Waals surface area contributed by atoms with E-state index in [0.717, 1.165) is 0 Å². The van der Waals surface area contributed by atoms with Crippen LogP contribution < -0.4 is 0 Å². The number of esters is 1. The van der Waals surface area contributed by atoms with Gasteiger partial charge in [-0.25, -0.2) is 4.79 Å². The first kappa shape index (κ1) is 13.1. The molecule has 0 fully saturated rings. The lowest BCUT2D eigenvalue weighted by Gasteiger charge is -2.20. The number of phenols is 1. The minimum Gasteiger partial charge on any atom is -0.506 e. The molecule has 0 radical (unpaired) electrons. The van der Waals surface area contributed by atoms with Crippen molar-refractivity contribution >= 4 is 29.2 Å². The number of hydrogen-bond acceptors (Lipinski definition) is 3. The monoisotopic (exact) mass is 262 g/mol. The van der Waals surface area contributed by atoms with Crippen molar-refractivity contribution in [3.8, 4) is 5.75 Å². The molecule has 0 spiro atoms. The number of ether oxygens (including phenoxy) is 1. The summed E-state index contributed by atoms with van der Waals surface area (Å²) in [6.45, 7) is 5.25. The summed E-state index contributed by atoms with van der Waals surface area (Å²) in [5, 5.41) is 9.22. The standard InChI is InChI=1S/C11H12Cl2O3/c1-11(2,3)16-10(15)6-4-5-7(14)9(13)8(6)12/h4-5,14H,1-3H3. The Morgan fingerprint density at radius 3 is 2.31 bits per heavy atom. The number of phenolic OH excluding ortho intramolecular Hbond substituents is 1. The maximum atomic E-state index is 11.7. The molecule has 0 aliphatic rings. The molecule has 5 heteroatoms. The van der Waals surface area contributed by atoms with Crippen LogP contribution in [0, 0.1) is 0 Å². The fourth-order valence-electron chi connectivity index (χ4n) is 1.03. The molecule has 0 amide bonds. The van der Waals surface area contributed by atoms with Gasteiger partial charge in [-0.05, 0) is 32.9 Å². The molecule has 1 rings (SSSR count). The zero-order valence-corrected chi connectivity index (χ0v) is 10.7. The maximum absolute atomic E-state index is 11.7. The molecular formula is C11H12Cl2O3. The molecule has 0 atom stereocenters. The van der Waals surface area contributed by atoms with Crippen LogP contribution >= 0.6 is 23.2 Å². The van der Waals surface area contributed by atoms with Gasteiger partial charge >= 0.3 is 5.97 Å². The van der Waals surface area contributed by atoms with Crippen LogP contribution in [0.1, 0.15) is 31.1 Å². The third-order valence-corrected chi connectivity index (χ3v) is 2.55. The van der Waals surface area contributed by atoms with Crippen molar-refractivity contribution in [2.45, 2.75) is 26.4 Å². The summed E-state index contributed by atoms with van der Waals surface area (Å²) in [4.78, 5) is 11.7. The van der Waals surface area contributed by atoms with E-state index >= 15 is 0 Å². The Labute approximate surface area is 104 Å². The highest BCUT2D eigenvalue weighted by Gasteiger charge is 2.21. The van der Waals surface area contributed by atoms with Gasteiger partial charge in [-0.1, -0.05) is 23.2 Å². The fraction of sp³-hybridized carbons (Fsp3) is 0.364. The molecule has 1 aromatic rings. The number of hydrogen-bond donors (Lipinski definition) is 1. The smallest absolute Gasteiger partial charge is 0.340 e. The van der Waals surface area contributed by atoms with Crippen molar-refractivity contribution < 1.29 is 14.6 Å². The van der Waals surface area contributed by atoms with E-state index in [9.17, 15) is 9.90 Å². The van der Waals surface area contributed by atoms with E-state index in [1.54, 1.807) is 20.8 Å². The van der Waals surface area contributed by atoms with E-state index in [1.807, 2.05) is 0 Å². The largest absolute Gasteiger partial charge is 0.506 e. The third-order valence-electron chi connectivity index (χ3n) is 1.68. The van der Waals surface area contributed by atoms with Gasteiger partial charge in [0.25, 0.3) is 0 Å². The van der Waals surface area contributed by atoms with Crippen LogP contribution in [0.2, 0.25) is 10.0 Å². The number of carbonyl (C=O) groups is 1. The van der Waals surface area contributed by atoms with E-state index in [0.29, 0.717) is 0 Å². The summed E-state index contributed by atoms with van der Waals surface area (Å²) < 4.78 is 5.14. The molecule has 3 nitrogen and oxygen atoms in total. The third kappa shape index (κ3) is 3.03. The molecule has 0 aliphatic heterocycles. The molecule has 1 N–H and O–H groups in total. The Bertz CT molecular complexity index is 422. The number of aromatic hydroxyl groups is 1. The van der Waals surface area contributed by atoms with Crippen molar-refractivity contribution in [1.29, 1.82) is 0 Å². The van der Waals surface area contributed by atoms with Crippen molar-refractivity contribution in [2.24, 2.45) is 0 Å². The van der Waals surface area contributed by atoms with Crippen molar-refractivity contribution in [3.63, 3.8) is 0 Å². The molecule has 0 aliphatic carbocycles.